The monoisotopic (exact) mass is 383 g/mol. The van der Waals surface area contributed by atoms with Gasteiger partial charge in [0.1, 0.15) is 0 Å². The van der Waals surface area contributed by atoms with Gasteiger partial charge < -0.3 is 4.57 Å². The molecular formula is C29H21N. The number of rotatable bonds is 2. The summed E-state index contributed by atoms with van der Waals surface area (Å²) in [4.78, 5) is 0. The minimum Gasteiger partial charge on any atom is -0.309 e. The standard InChI is InChI=1S/C29H21N/c1-20-11-13-21(14-12-20)23-16-18-28-27(19-23)26-17-15-22-7-5-6-10-25(22)29(26)30(28)24-8-3-2-4-9-24/h2-19H,1H3. The van der Waals surface area contributed by atoms with Crippen LogP contribution in [0.3, 0.4) is 0 Å². The fourth-order valence-corrected chi connectivity index (χ4v) is 4.55. The van der Waals surface area contributed by atoms with Crippen molar-refractivity contribution in [3.05, 3.63) is 115 Å². The van der Waals surface area contributed by atoms with Crippen molar-refractivity contribution < 1.29 is 0 Å². The van der Waals surface area contributed by atoms with Crippen molar-refractivity contribution in [1.29, 1.82) is 0 Å². The maximum absolute atomic E-state index is 2.41. The number of hydrogen-bond acceptors (Lipinski definition) is 0. The van der Waals surface area contributed by atoms with Gasteiger partial charge in [0.05, 0.1) is 11.0 Å². The molecular weight excluding hydrogens is 362 g/mol. The third kappa shape index (κ3) is 2.56. The first kappa shape index (κ1) is 17.1. The number of aromatic nitrogens is 1. The SMILES string of the molecule is Cc1ccc(-c2ccc3c(c2)c2ccc4ccccc4c2n3-c2ccccc2)cc1. The molecule has 30 heavy (non-hydrogen) atoms. The normalized spacial score (nSPS) is 11.5. The number of hydrogen-bond donors (Lipinski definition) is 0. The summed E-state index contributed by atoms with van der Waals surface area (Å²) in [5.74, 6) is 0. The lowest BCUT2D eigenvalue weighted by molar-refractivity contribution is 1.19. The van der Waals surface area contributed by atoms with Gasteiger partial charge in [0.2, 0.25) is 0 Å². The Kier molecular flexibility index (Phi) is 3.75. The topological polar surface area (TPSA) is 4.93 Å². The summed E-state index contributed by atoms with van der Waals surface area (Å²) in [5, 5.41) is 5.13. The Hall–Kier alpha value is -3.84. The van der Waals surface area contributed by atoms with Crippen molar-refractivity contribution in [2.24, 2.45) is 0 Å². The highest BCUT2D eigenvalue weighted by molar-refractivity contribution is 6.19. The zero-order valence-corrected chi connectivity index (χ0v) is 16.8. The average molecular weight is 383 g/mol. The van der Waals surface area contributed by atoms with Crippen LogP contribution < -0.4 is 0 Å². The molecule has 1 heterocycles. The van der Waals surface area contributed by atoms with Crippen molar-refractivity contribution in [3.8, 4) is 16.8 Å². The molecule has 1 aromatic heterocycles. The molecule has 0 radical (unpaired) electrons. The second-order valence-electron chi connectivity index (χ2n) is 7.95. The number of para-hydroxylation sites is 1. The number of fused-ring (bicyclic) bond motifs is 5. The van der Waals surface area contributed by atoms with Crippen molar-refractivity contribution in [2.45, 2.75) is 6.92 Å². The largest absolute Gasteiger partial charge is 0.309 e. The van der Waals surface area contributed by atoms with Crippen molar-refractivity contribution in [2.75, 3.05) is 0 Å². The molecule has 0 amide bonds. The van der Waals surface area contributed by atoms with E-state index in [0.29, 0.717) is 0 Å². The fraction of sp³-hybridized carbons (Fsp3) is 0.0345. The van der Waals surface area contributed by atoms with Crippen LogP contribution in [-0.4, -0.2) is 4.57 Å². The maximum Gasteiger partial charge on any atom is 0.0619 e. The van der Waals surface area contributed by atoms with E-state index in [1.54, 1.807) is 0 Å². The molecule has 0 N–H and O–H groups in total. The molecule has 1 heteroatoms. The van der Waals surface area contributed by atoms with Gasteiger partial charge in [-0.3, -0.25) is 0 Å². The smallest absolute Gasteiger partial charge is 0.0619 e. The van der Waals surface area contributed by atoms with Crippen LogP contribution in [0.25, 0.3) is 49.4 Å². The summed E-state index contributed by atoms with van der Waals surface area (Å²) in [6.07, 6.45) is 0. The van der Waals surface area contributed by atoms with Gasteiger partial charge in [0, 0.05) is 21.8 Å². The van der Waals surface area contributed by atoms with Crippen LogP contribution in [0.2, 0.25) is 0 Å². The lowest BCUT2D eigenvalue weighted by Gasteiger charge is -2.10. The Morgan fingerprint density at radius 1 is 0.533 bits per heavy atom. The van der Waals surface area contributed by atoms with Gasteiger partial charge >= 0.3 is 0 Å². The molecule has 1 nitrogen and oxygen atoms in total. The van der Waals surface area contributed by atoms with Crippen molar-refractivity contribution in [3.63, 3.8) is 0 Å². The van der Waals surface area contributed by atoms with E-state index in [-0.39, 0.29) is 0 Å². The third-order valence-corrected chi connectivity index (χ3v) is 6.05. The summed E-state index contributed by atoms with van der Waals surface area (Å²) in [6.45, 7) is 2.13. The summed E-state index contributed by atoms with van der Waals surface area (Å²) < 4.78 is 2.41. The first-order valence-electron chi connectivity index (χ1n) is 10.4. The Balaban J connectivity index is 1.75. The first-order valence-corrected chi connectivity index (χ1v) is 10.4. The molecule has 0 unspecified atom stereocenters. The molecule has 0 bridgehead atoms. The zero-order chi connectivity index (χ0) is 20.1. The van der Waals surface area contributed by atoms with E-state index in [9.17, 15) is 0 Å². The van der Waals surface area contributed by atoms with Gasteiger partial charge in [-0.1, -0.05) is 90.5 Å². The first-order chi connectivity index (χ1) is 14.8. The third-order valence-electron chi connectivity index (χ3n) is 6.05. The zero-order valence-electron chi connectivity index (χ0n) is 16.8. The lowest BCUT2D eigenvalue weighted by Crippen LogP contribution is -1.93. The molecule has 0 aliphatic carbocycles. The summed E-state index contributed by atoms with van der Waals surface area (Å²) in [5.41, 5.74) is 7.49. The van der Waals surface area contributed by atoms with Crippen LogP contribution >= 0.6 is 0 Å². The van der Waals surface area contributed by atoms with E-state index in [1.165, 1.54) is 55.0 Å². The molecule has 0 aliphatic rings. The maximum atomic E-state index is 2.41. The second-order valence-corrected chi connectivity index (χ2v) is 7.95. The minimum absolute atomic E-state index is 1.19. The van der Waals surface area contributed by atoms with E-state index in [4.69, 9.17) is 0 Å². The molecule has 142 valence electrons. The van der Waals surface area contributed by atoms with Crippen LogP contribution in [-0.2, 0) is 0 Å². The number of aryl methyl sites for hydroxylation is 1. The molecule has 0 aliphatic heterocycles. The summed E-state index contributed by atoms with van der Waals surface area (Å²) >= 11 is 0. The Morgan fingerprint density at radius 3 is 2.10 bits per heavy atom. The van der Waals surface area contributed by atoms with Crippen molar-refractivity contribution in [1.82, 2.24) is 4.57 Å². The Morgan fingerprint density at radius 2 is 1.27 bits per heavy atom. The Bertz CT molecular complexity index is 1520. The van der Waals surface area contributed by atoms with Crippen LogP contribution in [0.1, 0.15) is 5.56 Å². The van der Waals surface area contributed by atoms with E-state index in [2.05, 4.69) is 121 Å². The van der Waals surface area contributed by atoms with E-state index < -0.39 is 0 Å². The van der Waals surface area contributed by atoms with Gasteiger partial charge in [0.15, 0.2) is 0 Å². The molecule has 0 fully saturated rings. The minimum atomic E-state index is 1.19. The van der Waals surface area contributed by atoms with E-state index >= 15 is 0 Å². The summed E-state index contributed by atoms with van der Waals surface area (Å²) in [7, 11) is 0. The predicted molar refractivity (Wildman–Crippen MR) is 128 cm³/mol. The van der Waals surface area contributed by atoms with Gasteiger partial charge in [-0.05, 0) is 47.7 Å². The van der Waals surface area contributed by atoms with E-state index in [0.717, 1.165) is 0 Å². The fourth-order valence-electron chi connectivity index (χ4n) is 4.55. The summed E-state index contributed by atoms with van der Waals surface area (Å²) in [6, 6.07) is 39.5. The quantitative estimate of drug-likeness (QED) is 0.286. The molecule has 0 atom stereocenters. The van der Waals surface area contributed by atoms with Gasteiger partial charge in [0.25, 0.3) is 0 Å². The van der Waals surface area contributed by atoms with Crippen LogP contribution in [0.5, 0.6) is 0 Å². The van der Waals surface area contributed by atoms with Crippen LogP contribution in [0.15, 0.2) is 109 Å². The molecule has 0 spiro atoms. The highest BCUT2D eigenvalue weighted by Gasteiger charge is 2.15. The molecule has 6 aromatic rings. The highest BCUT2D eigenvalue weighted by Crippen LogP contribution is 2.38. The molecule has 0 saturated heterocycles. The van der Waals surface area contributed by atoms with Crippen LogP contribution in [0.4, 0.5) is 0 Å². The number of benzene rings is 5. The van der Waals surface area contributed by atoms with Crippen LogP contribution in [0, 0.1) is 6.92 Å². The van der Waals surface area contributed by atoms with Crippen molar-refractivity contribution >= 4 is 32.6 Å². The second kappa shape index (κ2) is 6.60. The Labute approximate surface area is 175 Å². The van der Waals surface area contributed by atoms with E-state index in [1.807, 2.05) is 0 Å². The molecule has 5 aromatic carbocycles. The number of nitrogens with zero attached hydrogens (tertiary/aromatic N) is 1. The highest BCUT2D eigenvalue weighted by atomic mass is 15.0. The molecule has 0 saturated carbocycles. The van der Waals surface area contributed by atoms with Gasteiger partial charge in [-0.15, -0.1) is 0 Å². The van der Waals surface area contributed by atoms with Gasteiger partial charge in [-0.2, -0.15) is 0 Å². The molecule has 6 rings (SSSR count). The predicted octanol–water partition coefficient (Wildman–Crippen LogP) is 7.91. The lowest BCUT2D eigenvalue weighted by atomic mass is 10.0. The van der Waals surface area contributed by atoms with Gasteiger partial charge in [-0.25, -0.2) is 0 Å². The average Bonchev–Trinajstić information content (AvgIpc) is 3.14.